The van der Waals surface area contributed by atoms with Gasteiger partial charge in [-0.2, -0.15) is 5.10 Å². The van der Waals surface area contributed by atoms with E-state index in [1.165, 1.54) is 34.8 Å². The summed E-state index contributed by atoms with van der Waals surface area (Å²) >= 11 is 0. The molecular weight excluding hydrogens is 552 g/mol. The summed E-state index contributed by atoms with van der Waals surface area (Å²) in [5, 5.41) is 4.90. The van der Waals surface area contributed by atoms with Crippen LogP contribution >= 0.6 is 0 Å². The van der Waals surface area contributed by atoms with E-state index in [1.807, 2.05) is 13.0 Å². The number of halogens is 2. The van der Waals surface area contributed by atoms with Crippen molar-refractivity contribution in [2.45, 2.75) is 20.3 Å². The van der Waals surface area contributed by atoms with Crippen LogP contribution in [0.1, 0.15) is 33.6 Å². The zero-order valence-electron chi connectivity index (χ0n) is 22.1. The minimum Gasteiger partial charge on any atom is -0.454 e. The van der Waals surface area contributed by atoms with Crippen LogP contribution in [0.4, 0.5) is 20.3 Å². The highest BCUT2D eigenvalue weighted by molar-refractivity contribution is 7.93. The molecule has 1 saturated heterocycles. The first kappa shape index (κ1) is 26.5. The van der Waals surface area contributed by atoms with Crippen molar-refractivity contribution < 1.29 is 26.7 Å². The number of sulfonamides is 1. The van der Waals surface area contributed by atoms with Gasteiger partial charge in [0.25, 0.3) is 0 Å². The molecule has 1 fully saturated rings. The Labute approximate surface area is 234 Å². The number of hydrogen-bond acceptors (Lipinski definition) is 6. The van der Waals surface area contributed by atoms with E-state index >= 15 is 4.39 Å². The van der Waals surface area contributed by atoms with E-state index in [2.05, 4.69) is 10.1 Å². The maximum atomic E-state index is 15.3. The number of rotatable bonds is 6. The summed E-state index contributed by atoms with van der Waals surface area (Å²) in [5.74, 6) is -1.70. The second-order valence-corrected chi connectivity index (χ2v) is 12.0. The van der Waals surface area contributed by atoms with Gasteiger partial charge in [0.15, 0.2) is 17.4 Å². The van der Waals surface area contributed by atoms with E-state index < -0.39 is 27.4 Å². The molecule has 3 N–H and O–H groups in total. The standard InChI is InChI=1S/C29H25F2N5O4S/c1-16-10-18-12-24(34-23(18)14-25(16)35-8-5-9-41(35,38)39)28(37)20-15-33-36(29(20)32)27-17(2)11-19(13-22(27)31)40-26-7-4-3-6-21(26)30/h3-4,6-7,10-15,34H,5,8-9,32H2,1-2H3. The van der Waals surface area contributed by atoms with Crippen LogP contribution in [0.25, 0.3) is 16.6 Å². The van der Waals surface area contributed by atoms with Gasteiger partial charge < -0.3 is 15.5 Å². The monoisotopic (exact) mass is 577 g/mol. The van der Waals surface area contributed by atoms with E-state index in [1.54, 1.807) is 25.1 Å². The molecule has 9 nitrogen and oxygen atoms in total. The molecule has 1 aliphatic rings. The van der Waals surface area contributed by atoms with Crippen LogP contribution in [0.15, 0.2) is 60.8 Å². The van der Waals surface area contributed by atoms with Crippen LogP contribution < -0.4 is 14.8 Å². The Morgan fingerprint density at radius 1 is 1.05 bits per heavy atom. The molecule has 0 bridgehead atoms. The fourth-order valence-electron chi connectivity index (χ4n) is 5.13. The number of hydrogen-bond donors (Lipinski definition) is 2. The van der Waals surface area contributed by atoms with Crippen molar-refractivity contribution in [1.29, 1.82) is 0 Å². The number of H-pyrrole nitrogens is 1. The smallest absolute Gasteiger partial charge is 0.235 e. The minimum absolute atomic E-state index is 0.0196. The molecular formula is C29H25F2N5O4S. The molecule has 0 aliphatic carbocycles. The normalized spacial score (nSPS) is 14.6. The van der Waals surface area contributed by atoms with Crippen molar-refractivity contribution in [1.82, 2.24) is 14.8 Å². The molecule has 0 atom stereocenters. The lowest BCUT2D eigenvalue weighted by atomic mass is 10.1. The van der Waals surface area contributed by atoms with Crippen LogP contribution in [0, 0.1) is 25.5 Å². The van der Waals surface area contributed by atoms with Crippen LogP contribution in [0.5, 0.6) is 11.5 Å². The fraction of sp³-hybridized carbons (Fsp3) is 0.172. The maximum absolute atomic E-state index is 15.3. The number of ether oxygens (including phenoxy) is 1. The van der Waals surface area contributed by atoms with Crippen molar-refractivity contribution in [2.24, 2.45) is 0 Å². The lowest BCUT2D eigenvalue weighted by Crippen LogP contribution is -2.25. The highest BCUT2D eigenvalue weighted by Crippen LogP contribution is 2.34. The second kappa shape index (κ2) is 9.73. The summed E-state index contributed by atoms with van der Waals surface area (Å²) in [5.41, 5.74) is 8.91. The lowest BCUT2D eigenvalue weighted by molar-refractivity contribution is 0.103. The lowest BCUT2D eigenvalue weighted by Gasteiger charge is -2.19. The number of benzene rings is 3. The Morgan fingerprint density at radius 3 is 2.54 bits per heavy atom. The van der Waals surface area contributed by atoms with Crippen molar-refractivity contribution in [3.05, 3.63) is 94.8 Å². The number of para-hydroxylation sites is 1. The Balaban J connectivity index is 1.31. The first-order valence-electron chi connectivity index (χ1n) is 12.8. The average Bonchev–Trinajstić information content (AvgIpc) is 3.60. The highest BCUT2D eigenvalue weighted by Gasteiger charge is 2.30. The largest absolute Gasteiger partial charge is 0.454 e. The van der Waals surface area contributed by atoms with Crippen molar-refractivity contribution in [2.75, 3.05) is 22.3 Å². The number of nitrogens with two attached hydrogens (primary N) is 1. The van der Waals surface area contributed by atoms with E-state index in [0.29, 0.717) is 29.7 Å². The zero-order valence-corrected chi connectivity index (χ0v) is 22.9. The van der Waals surface area contributed by atoms with Gasteiger partial charge in [-0.1, -0.05) is 12.1 Å². The van der Waals surface area contributed by atoms with Gasteiger partial charge in [0.05, 0.1) is 28.9 Å². The van der Waals surface area contributed by atoms with Gasteiger partial charge in [-0.3, -0.25) is 9.10 Å². The van der Waals surface area contributed by atoms with E-state index in [9.17, 15) is 17.6 Å². The highest BCUT2D eigenvalue weighted by atomic mass is 32.2. The third-order valence-corrected chi connectivity index (χ3v) is 8.96. The summed E-state index contributed by atoms with van der Waals surface area (Å²) in [7, 11) is -3.37. The van der Waals surface area contributed by atoms with Gasteiger partial charge in [-0.05, 0) is 67.8 Å². The topological polar surface area (TPSA) is 123 Å². The molecule has 3 heterocycles. The number of carbonyl (C=O) groups is 1. The molecule has 5 aromatic rings. The third-order valence-electron chi connectivity index (χ3n) is 7.10. The van der Waals surface area contributed by atoms with Gasteiger partial charge in [-0.15, -0.1) is 0 Å². The van der Waals surface area contributed by atoms with Crippen LogP contribution in [-0.4, -0.2) is 41.3 Å². The summed E-state index contributed by atoms with van der Waals surface area (Å²) in [4.78, 5) is 16.5. The van der Waals surface area contributed by atoms with Gasteiger partial charge in [-0.25, -0.2) is 21.9 Å². The number of aromatic nitrogens is 3. The van der Waals surface area contributed by atoms with Crippen molar-refractivity contribution in [3.8, 4) is 17.2 Å². The van der Waals surface area contributed by atoms with Gasteiger partial charge in [0.2, 0.25) is 15.8 Å². The van der Waals surface area contributed by atoms with Crippen LogP contribution in [0.2, 0.25) is 0 Å². The molecule has 6 rings (SSSR count). The number of nitrogens with one attached hydrogen (secondary N) is 1. The maximum Gasteiger partial charge on any atom is 0.235 e. The third kappa shape index (κ3) is 4.59. The number of ketones is 1. The zero-order chi connectivity index (χ0) is 29.1. The molecule has 12 heteroatoms. The number of anilines is 2. The number of nitrogens with zero attached hydrogens (tertiary/aromatic N) is 3. The van der Waals surface area contributed by atoms with Gasteiger partial charge in [0, 0.05) is 23.5 Å². The molecule has 1 aliphatic heterocycles. The average molecular weight is 578 g/mol. The summed E-state index contributed by atoms with van der Waals surface area (Å²) in [6.45, 7) is 3.85. The SMILES string of the molecule is Cc1cc2cc(C(=O)c3cnn(-c4c(C)cc(Oc5ccccc5F)cc4F)c3N)[nH]c2cc1N1CCCS1(=O)=O. The summed E-state index contributed by atoms with van der Waals surface area (Å²) < 4.78 is 62.2. The minimum atomic E-state index is -3.37. The number of aryl methyl sites for hydroxylation is 2. The van der Waals surface area contributed by atoms with Gasteiger partial charge in [0.1, 0.15) is 17.3 Å². The Kier molecular flexibility index (Phi) is 6.29. The molecule has 41 heavy (non-hydrogen) atoms. The first-order valence-corrected chi connectivity index (χ1v) is 14.4. The quantitative estimate of drug-likeness (QED) is 0.261. The first-order chi connectivity index (χ1) is 19.5. The summed E-state index contributed by atoms with van der Waals surface area (Å²) in [6.07, 6.45) is 1.82. The predicted octanol–water partition coefficient (Wildman–Crippen LogP) is 5.39. The van der Waals surface area contributed by atoms with E-state index in [4.69, 9.17) is 10.5 Å². The Bertz CT molecular complexity index is 1940. The Morgan fingerprint density at radius 2 is 1.83 bits per heavy atom. The van der Waals surface area contributed by atoms with E-state index in [-0.39, 0.29) is 40.0 Å². The molecule has 2 aromatic heterocycles. The van der Waals surface area contributed by atoms with Gasteiger partial charge >= 0.3 is 0 Å². The van der Waals surface area contributed by atoms with E-state index in [0.717, 1.165) is 21.7 Å². The molecule has 0 saturated carbocycles. The second-order valence-electron chi connectivity index (χ2n) is 9.94. The molecule has 0 amide bonds. The molecule has 0 radical (unpaired) electrons. The number of fused-ring (bicyclic) bond motifs is 1. The van der Waals surface area contributed by atoms with Crippen molar-refractivity contribution >= 4 is 38.2 Å². The fourth-order valence-corrected chi connectivity index (χ4v) is 6.75. The Hall–Kier alpha value is -4.71. The molecule has 210 valence electrons. The van der Waals surface area contributed by atoms with Crippen LogP contribution in [0.3, 0.4) is 0 Å². The molecule has 0 unspecified atom stereocenters. The molecule has 3 aromatic carbocycles. The molecule has 0 spiro atoms. The van der Waals surface area contributed by atoms with Crippen LogP contribution in [-0.2, 0) is 10.0 Å². The van der Waals surface area contributed by atoms with Crippen molar-refractivity contribution in [3.63, 3.8) is 0 Å². The number of carbonyl (C=O) groups excluding carboxylic acids is 1. The summed E-state index contributed by atoms with van der Waals surface area (Å²) in [6, 6.07) is 13.6. The number of nitrogen functional groups attached to an aromatic ring is 1. The predicted molar refractivity (Wildman–Crippen MR) is 151 cm³/mol. The number of aromatic amines is 1.